The third-order valence-corrected chi connectivity index (χ3v) is 5.67. The van der Waals surface area contributed by atoms with E-state index in [0.717, 1.165) is 16.7 Å². The molecule has 3 heterocycles. The minimum Gasteiger partial charge on any atom is -0.447 e. The third-order valence-electron chi connectivity index (χ3n) is 4.93. The number of hydrogen-bond donors (Lipinski definition) is 2. The number of aromatic nitrogens is 3. The van der Waals surface area contributed by atoms with E-state index in [2.05, 4.69) is 20.4 Å². The van der Waals surface area contributed by atoms with Crippen LogP contribution in [0.3, 0.4) is 0 Å². The second kappa shape index (κ2) is 8.89. The lowest BCUT2D eigenvalue weighted by molar-refractivity contribution is 0.142. The molecule has 32 heavy (non-hydrogen) atoms. The predicted octanol–water partition coefficient (Wildman–Crippen LogP) is 4.46. The monoisotopic (exact) mass is 481 g/mol. The zero-order valence-corrected chi connectivity index (χ0v) is 18.4. The van der Waals surface area contributed by atoms with Gasteiger partial charge in [-0.3, -0.25) is 0 Å². The van der Waals surface area contributed by atoms with Gasteiger partial charge in [-0.2, -0.15) is 4.98 Å². The number of hydrogen-bond acceptors (Lipinski definition) is 8. The van der Waals surface area contributed by atoms with Crippen LogP contribution < -0.4 is 10.2 Å². The van der Waals surface area contributed by atoms with Crippen molar-refractivity contribution >= 4 is 41.1 Å². The van der Waals surface area contributed by atoms with Gasteiger partial charge >= 0.3 is 6.09 Å². The second-order valence-electron chi connectivity index (χ2n) is 7.23. The van der Waals surface area contributed by atoms with Crippen molar-refractivity contribution in [2.45, 2.75) is 32.0 Å². The van der Waals surface area contributed by atoms with E-state index < -0.39 is 30.1 Å². The van der Waals surface area contributed by atoms with E-state index in [4.69, 9.17) is 32.5 Å². The zero-order valence-electron chi connectivity index (χ0n) is 16.9. The summed E-state index contributed by atoms with van der Waals surface area (Å²) < 4.78 is 24.8. The second-order valence-corrected chi connectivity index (χ2v) is 8.04. The van der Waals surface area contributed by atoms with Crippen molar-refractivity contribution < 1.29 is 23.6 Å². The van der Waals surface area contributed by atoms with Crippen LogP contribution in [-0.4, -0.2) is 45.1 Å². The van der Waals surface area contributed by atoms with E-state index in [1.54, 1.807) is 31.2 Å². The number of nitrogens with zero attached hydrogens (tertiary/aromatic N) is 4. The van der Waals surface area contributed by atoms with Crippen molar-refractivity contribution in [2.75, 3.05) is 16.8 Å². The first-order valence-corrected chi connectivity index (χ1v) is 10.4. The van der Waals surface area contributed by atoms with Crippen molar-refractivity contribution in [1.82, 2.24) is 15.1 Å². The first-order chi connectivity index (χ1) is 15.2. The summed E-state index contributed by atoms with van der Waals surface area (Å²) in [6, 6.07) is 5.59. The molecule has 0 saturated carbocycles. The number of anilines is 2. The number of aliphatic hydroxyl groups is 1. The normalized spacial score (nSPS) is 17.9. The largest absolute Gasteiger partial charge is 0.447 e. The average Bonchev–Trinajstić information content (AvgIpc) is 3.39. The Bertz CT molecular complexity index is 1160. The average molecular weight is 482 g/mol. The number of rotatable bonds is 6. The van der Waals surface area contributed by atoms with E-state index in [0.29, 0.717) is 21.5 Å². The van der Waals surface area contributed by atoms with Crippen LogP contribution in [0.25, 0.3) is 11.3 Å². The van der Waals surface area contributed by atoms with Gasteiger partial charge in [0.1, 0.15) is 18.3 Å². The number of cyclic esters (lactones) is 1. The molecule has 3 atom stereocenters. The van der Waals surface area contributed by atoms with Crippen LogP contribution in [0.5, 0.6) is 0 Å². The number of carbonyl (C=O) groups excluding carboxylic acids is 1. The fourth-order valence-electron chi connectivity index (χ4n) is 3.18. The zero-order chi connectivity index (χ0) is 23.0. The Morgan fingerprint density at radius 1 is 1.28 bits per heavy atom. The summed E-state index contributed by atoms with van der Waals surface area (Å²) in [5.41, 5.74) is 1.27. The minimum absolute atomic E-state index is 0.0467. The minimum atomic E-state index is -0.944. The molecule has 0 unspecified atom stereocenters. The van der Waals surface area contributed by atoms with Crippen LogP contribution in [0.4, 0.5) is 21.0 Å². The molecule has 9 nitrogen and oxygen atoms in total. The fraction of sp³-hybridized carbons (Fsp3) is 0.300. The number of halogens is 3. The van der Waals surface area contributed by atoms with Gasteiger partial charge in [-0.05, 0) is 26.0 Å². The molecule has 3 aromatic rings. The molecule has 1 aromatic carbocycles. The smallest absolute Gasteiger partial charge is 0.416 e. The SMILES string of the molecule is C[C@H](Nc1ncc(F)c(N2C(=O)OC[C@@H]2[C@@H](C)O)n1)c1cc(-c2ccc(Cl)c(Cl)c2)no1. The summed E-state index contributed by atoms with van der Waals surface area (Å²) in [5, 5.41) is 17.7. The standard InChI is InChI=1S/C20H18Cl2FN5O4/c1-9(17-6-15(27-32-17)11-3-4-12(21)13(22)5-11)25-19-24-7-14(23)18(26-19)28-16(10(2)29)8-31-20(28)30/h3-7,9-10,16,29H,8H2,1-2H3,(H,24,25,26)/t9-,10+,16+/m0/s1. The molecule has 4 rings (SSSR count). The summed E-state index contributed by atoms with van der Waals surface area (Å²) in [5.74, 6) is -0.611. The van der Waals surface area contributed by atoms with Gasteiger partial charge in [0, 0.05) is 11.6 Å². The highest BCUT2D eigenvalue weighted by atomic mass is 35.5. The van der Waals surface area contributed by atoms with Crippen molar-refractivity contribution in [3.63, 3.8) is 0 Å². The van der Waals surface area contributed by atoms with E-state index >= 15 is 0 Å². The number of carbonyl (C=O) groups is 1. The highest BCUT2D eigenvalue weighted by molar-refractivity contribution is 6.42. The van der Waals surface area contributed by atoms with E-state index in [1.165, 1.54) is 6.92 Å². The molecule has 0 aliphatic carbocycles. The number of aliphatic hydroxyl groups excluding tert-OH is 1. The molecule has 0 spiro atoms. The van der Waals surface area contributed by atoms with Crippen molar-refractivity contribution in [1.29, 1.82) is 0 Å². The molecule has 0 radical (unpaired) electrons. The molecule has 1 aliphatic rings. The number of ether oxygens (including phenoxy) is 1. The summed E-state index contributed by atoms with van der Waals surface area (Å²) >= 11 is 12.0. The topological polar surface area (TPSA) is 114 Å². The summed E-state index contributed by atoms with van der Waals surface area (Å²) in [6.45, 7) is 3.18. The van der Waals surface area contributed by atoms with Gasteiger partial charge in [0.05, 0.1) is 28.4 Å². The van der Waals surface area contributed by atoms with Crippen molar-refractivity contribution in [2.24, 2.45) is 0 Å². The summed E-state index contributed by atoms with van der Waals surface area (Å²) in [4.78, 5) is 21.1. The Hall–Kier alpha value is -2.95. The van der Waals surface area contributed by atoms with Crippen molar-refractivity contribution in [3.05, 3.63) is 52.1 Å². The van der Waals surface area contributed by atoms with Gasteiger partial charge in [-0.1, -0.05) is 34.4 Å². The molecule has 1 fully saturated rings. The molecular weight excluding hydrogens is 464 g/mol. The Morgan fingerprint density at radius 3 is 2.78 bits per heavy atom. The molecule has 1 saturated heterocycles. The molecule has 1 aliphatic heterocycles. The molecule has 0 bridgehead atoms. The number of nitrogens with one attached hydrogen (secondary N) is 1. The Morgan fingerprint density at radius 2 is 2.06 bits per heavy atom. The lowest BCUT2D eigenvalue weighted by Gasteiger charge is -2.23. The maximum Gasteiger partial charge on any atom is 0.416 e. The van der Waals surface area contributed by atoms with Gasteiger partial charge < -0.3 is 19.7 Å². The molecule has 12 heteroatoms. The lowest BCUT2D eigenvalue weighted by Crippen LogP contribution is -2.42. The van der Waals surface area contributed by atoms with Crippen molar-refractivity contribution in [3.8, 4) is 11.3 Å². The van der Waals surface area contributed by atoms with Gasteiger partial charge in [0.2, 0.25) is 5.95 Å². The lowest BCUT2D eigenvalue weighted by atomic mass is 10.1. The number of benzene rings is 1. The van der Waals surface area contributed by atoms with Gasteiger partial charge in [-0.25, -0.2) is 19.1 Å². The molecule has 168 valence electrons. The Kier molecular flexibility index (Phi) is 6.18. The van der Waals surface area contributed by atoms with Gasteiger partial charge in [-0.15, -0.1) is 0 Å². The van der Waals surface area contributed by atoms with E-state index in [-0.39, 0.29) is 18.4 Å². The molecular formula is C20H18Cl2FN5O4. The Balaban J connectivity index is 1.55. The Labute approximate surface area is 192 Å². The maximum absolute atomic E-state index is 14.4. The summed E-state index contributed by atoms with van der Waals surface area (Å²) in [6.07, 6.45) is -0.807. The van der Waals surface area contributed by atoms with E-state index in [1.807, 2.05) is 0 Å². The highest BCUT2D eigenvalue weighted by Crippen LogP contribution is 2.30. The van der Waals surface area contributed by atoms with E-state index in [9.17, 15) is 14.3 Å². The fourth-order valence-corrected chi connectivity index (χ4v) is 3.48. The molecule has 1 amide bonds. The molecule has 2 N–H and O–H groups in total. The van der Waals surface area contributed by atoms with Gasteiger partial charge in [0.25, 0.3) is 0 Å². The van der Waals surface area contributed by atoms with Crippen LogP contribution in [0.2, 0.25) is 10.0 Å². The van der Waals surface area contributed by atoms with Crippen LogP contribution in [0.1, 0.15) is 25.6 Å². The maximum atomic E-state index is 14.4. The molecule has 2 aromatic heterocycles. The van der Waals surface area contributed by atoms with Crippen LogP contribution in [0.15, 0.2) is 35.0 Å². The first kappa shape index (κ1) is 22.3. The first-order valence-electron chi connectivity index (χ1n) is 9.59. The van der Waals surface area contributed by atoms with Crippen LogP contribution in [0, 0.1) is 5.82 Å². The summed E-state index contributed by atoms with van der Waals surface area (Å²) in [7, 11) is 0. The number of amides is 1. The quantitative estimate of drug-likeness (QED) is 0.530. The van der Waals surface area contributed by atoms with Crippen LogP contribution in [-0.2, 0) is 4.74 Å². The third kappa shape index (κ3) is 4.34. The predicted molar refractivity (Wildman–Crippen MR) is 115 cm³/mol. The van der Waals surface area contributed by atoms with Crippen LogP contribution >= 0.6 is 23.2 Å². The highest BCUT2D eigenvalue weighted by Gasteiger charge is 2.39. The van der Waals surface area contributed by atoms with Gasteiger partial charge in [0.15, 0.2) is 17.4 Å².